The molecule has 0 amide bonds. The molecule has 2 atom stereocenters. The third-order valence-electron chi connectivity index (χ3n) is 5.55. The summed E-state index contributed by atoms with van der Waals surface area (Å²) in [5.41, 5.74) is 0.463. The summed E-state index contributed by atoms with van der Waals surface area (Å²) >= 11 is 2.21. The Kier molecular flexibility index (Phi) is 4.17. The second kappa shape index (κ2) is 5.57. The largest absolute Gasteiger partial charge is 0.308 e. The molecule has 3 aliphatic rings. The predicted molar refractivity (Wildman–Crippen MR) is 85.0 cm³/mol. The predicted octanol–water partition coefficient (Wildman–Crippen LogP) is 3.27. The zero-order valence-electron chi connectivity index (χ0n) is 12.7. The highest BCUT2D eigenvalue weighted by Gasteiger charge is 2.41. The molecule has 2 aliphatic heterocycles. The van der Waals surface area contributed by atoms with Gasteiger partial charge in [-0.2, -0.15) is 11.8 Å². The molecule has 2 unspecified atom stereocenters. The van der Waals surface area contributed by atoms with E-state index in [1.54, 1.807) is 0 Å². The molecule has 2 saturated heterocycles. The van der Waals surface area contributed by atoms with E-state index in [4.69, 9.17) is 0 Å². The Morgan fingerprint density at radius 1 is 1.16 bits per heavy atom. The molecule has 2 nitrogen and oxygen atoms in total. The molecule has 0 radical (unpaired) electrons. The van der Waals surface area contributed by atoms with Crippen LogP contribution in [0.25, 0.3) is 0 Å². The molecule has 1 N–H and O–H groups in total. The molecule has 1 aliphatic carbocycles. The van der Waals surface area contributed by atoms with Gasteiger partial charge in [0, 0.05) is 36.0 Å². The van der Waals surface area contributed by atoms with Gasteiger partial charge in [0.05, 0.1) is 0 Å². The van der Waals surface area contributed by atoms with E-state index in [2.05, 4.69) is 35.8 Å². The first-order valence-corrected chi connectivity index (χ1v) is 9.23. The summed E-state index contributed by atoms with van der Waals surface area (Å²) in [5, 5.41) is 3.90. The first kappa shape index (κ1) is 14.2. The van der Waals surface area contributed by atoms with E-state index in [9.17, 15) is 0 Å². The Hall–Kier alpha value is 0.270. The first-order chi connectivity index (χ1) is 9.11. The van der Waals surface area contributed by atoms with Crippen LogP contribution in [0.1, 0.15) is 58.8 Å². The molecule has 0 aromatic heterocycles. The van der Waals surface area contributed by atoms with E-state index in [0.717, 1.165) is 0 Å². The van der Waals surface area contributed by atoms with E-state index in [-0.39, 0.29) is 0 Å². The van der Waals surface area contributed by atoms with Crippen LogP contribution in [-0.4, -0.2) is 46.6 Å². The fraction of sp³-hybridized carbons (Fsp3) is 1.00. The molecule has 1 spiro atoms. The lowest BCUT2D eigenvalue weighted by Crippen LogP contribution is -2.65. The van der Waals surface area contributed by atoms with Crippen LogP contribution < -0.4 is 5.32 Å². The van der Waals surface area contributed by atoms with Gasteiger partial charge < -0.3 is 5.32 Å². The molecular formula is C16H30N2S. The maximum absolute atomic E-state index is 3.90. The highest BCUT2D eigenvalue weighted by atomic mass is 32.2. The second-order valence-corrected chi connectivity index (χ2v) is 9.06. The maximum Gasteiger partial charge on any atom is 0.0309 e. The molecule has 2 heterocycles. The van der Waals surface area contributed by atoms with Crippen LogP contribution in [0, 0.1) is 0 Å². The van der Waals surface area contributed by atoms with Gasteiger partial charge in [-0.25, -0.2) is 0 Å². The molecule has 0 bridgehead atoms. The van der Waals surface area contributed by atoms with Crippen LogP contribution in [-0.2, 0) is 0 Å². The fourth-order valence-electron chi connectivity index (χ4n) is 4.26. The smallest absolute Gasteiger partial charge is 0.0309 e. The SMILES string of the molecule is CC1CNC2(CCCCC2)CN1CC1(C)CCCS1. The van der Waals surface area contributed by atoms with Crippen molar-refractivity contribution < 1.29 is 0 Å². The Morgan fingerprint density at radius 3 is 2.63 bits per heavy atom. The van der Waals surface area contributed by atoms with Crippen LogP contribution >= 0.6 is 11.8 Å². The fourth-order valence-corrected chi connectivity index (χ4v) is 5.59. The molecular weight excluding hydrogens is 252 g/mol. The summed E-state index contributed by atoms with van der Waals surface area (Å²) in [6.07, 6.45) is 9.96. The molecule has 3 fully saturated rings. The standard InChI is InChI=1S/C16H30N2S/c1-14-11-17-16(8-4-3-5-9-16)13-18(14)12-15(2)7-6-10-19-15/h14,17H,3-13H2,1-2H3. The lowest BCUT2D eigenvalue weighted by molar-refractivity contribution is 0.0566. The van der Waals surface area contributed by atoms with Gasteiger partial charge in [0.25, 0.3) is 0 Å². The number of piperazine rings is 1. The third-order valence-corrected chi connectivity index (χ3v) is 7.07. The van der Waals surface area contributed by atoms with Crippen LogP contribution in [0.5, 0.6) is 0 Å². The van der Waals surface area contributed by atoms with Crippen molar-refractivity contribution in [3.63, 3.8) is 0 Å². The number of nitrogens with one attached hydrogen (secondary N) is 1. The first-order valence-electron chi connectivity index (χ1n) is 8.24. The monoisotopic (exact) mass is 282 g/mol. The summed E-state index contributed by atoms with van der Waals surface area (Å²) in [7, 11) is 0. The van der Waals surface area contributed by atoms with Gasteiger partial charge in [0.15, 0.2) is 0 Å². The molecule has 3 rings (SSSR count). The van der Waals surface area contributed by atoms with Gasteiger partial charge >= 0.3 is 0 Å². The van der Waals surface area contributed by atoms with Gasteiger partial charge in [0.1, 0.15) is 0 Å². The lowest BCUT2D eigenvalue weighted by atomic mass is 9.79. The quantitative estimate of drug-likeness (QED) is 0.837. The van der Waals surface area contributed by atoms with Gasteiger partial charge in [-0.05, 0) is 45.3 Å². The third kappa shape index (κ3) is 3.14. The molecule has 3 heteroatoms. The summed E-state index contributed by atoms with van der Waals surface area (Å²) in [5.74, 6) is 1.38. The average Bonchev–Trinajstić information content (AvgIpc) is 2.82. The number of thioether (sulfide) groups is 1. The van der Waals surface area contributed by atoms with Gasteiger partial charge in [-0.1, -0.05) is 19.3 Å². The minimum Gasteiger partial charge on any atom is -0.308 e. The van der Waals surface area contributed by atoms with E-state index in [1.165, 1.54) is 70.3 Å². The number of nitrogens with zero attached hydrogens (tertiary/aromatic N) is 1. The Bertz CT molecular complexity index is 306. The zero-order chi connectivity index (χ0) is 13.3. The second-order valence-electron chi connectivity index (χ2n) is 7.38. The normalized spacial score (nSPS) is 39.8. The van der Waals surface area contributed by atoms with Gasteiger partial charge in [0.2, 0.25) is 0 Å². The van der Waals surface area contributed by atoms with Crippen molar-refractivity contribution in [1.29, 1.82) is 0 Å². The van der Waals surface area contributed by atoms with Crippen molar-refractivity contribution in [3.8, 4) is 0 Å². The highest BCUT2D eigenvalue weighted by Crippen LogP contribution is 2.40. The van der Waals surface area contributed by atoms with Crippen LogP contribution in [0.4, 0.5) is 0 Å². The summed E-state index contributed by atoms with van der Waals surface area (Å²) in [6.45, 7) is 8.70. The van der Waals surface area contributed by atoms with E-state index in [0.29, 0.717) is 16.3 Å². The summed E-state index contributed by atoms with van der Waals surface area (Å²) in [6, 6.07) is 0.713. The van der Waals surface area contributed by atoms with Crippen molar-refractivity contribution in [3.05, 3.63) is 0 Å². The molecule has 1 saturated carbocycles. The summed E-state index contributed by atoms with van der Waals surface area (Å²) in [4.78, 5) is 2.81. The lowest BCUT2D eigenvalue weighted by Gasteiger charge is -2.50. The highest BCUT2D eigenvalue weighted by molar-refractivity contribution is 8.00. The Labute approximate surface area is 123 Å². The van der Waals surface area contributed by atoms with Crippen LogP contribution in [0.2, 0.25) is 0 Å². The maximum atomic E-state index is 3.90. The molecule has 0 aromatic carbocycles. The summed E-state index contributed by atoms with van der Waals surface area (Å²) < 4.78 is 0.529. The van der Waals surface area contributed by atoms with E-state index in [1.807, 2.05) is 0 Å². The topological polar surface area (TPSA) is 15.3 Å². The van der Waals surface area contributed by atoms with E-state index >= 15 is 0 Å². The van der Waals surface area contributed by atoms with Crippen molar-refractivity contribution in [2.75, 3.05) is 25.4 Å². The van der Waals surface area contributed by atoms with Crippen molar-refractivity contribution >= 4 is 11.8 Å². The van der Waals surface area contributed by atoms with Crippen molar-refractivity contribution in [2.24, 2.45) is 0 Å². The molecule has 110 valence electrons. The zero-order valence-corrected chi connectivity index (χ0v) is 13.5. The van der Waals surface area contributed by atoms with Crippen LogP contribution in [0.15, 0.2) is 0 Å². The van der Waals surface area contributed by atoms with Crippen LogP contribution in [0.3, 0.4) is 0 Å². The van der Waals surface area contributed by atoms with Crippen molar-refractivity contribution in [2.45, 2.75) is 75.1 Å². The average molecular weight is 282 g/mol. The number of hydrogen-bond donors (Lipinski definition) is 1. The minimum atomic E-state index is 0.463. The van der Waals surface area contributed by atoms with Crippen molar-refractivity contribution in [1.82, 2.24) is 10.2 Å². The number of hydrogen-bond acceptors (Lipinski definition) is 3. The Morgan fingerprint density at radius 2 is 1.95 bits per heavy atom. The van der Waals surface area contributed by atoms with E-state index < -0.39 is 0 Å². The molecule has 19 heavy (non-hydrogen) atoms. The Balaban J connectivity index is 1.65. The number of rotatable bonds is 2. The minimum absolute atomic E-state index is 0.463. The van der Waals surface area contributed by atoms with Gasteiger partial charge in [-0.3, -0.25) is 4.90 Å². The molecule has 0 aromatic rings. The van der Waals surface area contributed by atoms with Gasteiger partial charge in [-0.15, -0.1) is 0 Å².